The number of nitrogens with zero attached hydrogens (tertiary/aromatic N) is 4. The maximum atomic E-state index is 12.4. The molecule has 96 valence electrons. The van der Waals surface area contributed by atoms with Gasteiger partial charge in [0.05, 0.1) is 11.9 Å². The van der Waals surface area contributed by atoms with Crippen molar-refractivity contribution in [2.75, 3.05) is 0 Å². The smallest absolute Gasteiger partial charge is 0.296 e. The van der Waals surface area contributed by atoms with Crippen LogP contribution >= 0.6 is 0 Å². The Hall–Kier alpha value is -2.63. The van der Waals surface area contributed by atoms with Gasteiger partial charge in [0.25, 0.3) is 5.56 Å². The summed E-state index contributed by atoms with van der Waals surface area (Å²) in [6.45, 7) is 3.96. The Morgan fingerprint density at radius 1 is 1.21 bits per heavy atom. The third-order valence-corrected chi connectivity index (χ3v) is 3.02. The third-order valence-electron chi connectivity index (χ3n) is 3.02. The van der Waals surface area contributed by atoms with Crippen molar-refractivity contribution in [2.24, 2.45) is 0 Å². The van der Waals surface area contributed by atoms with Gasteiger partial charge in [0.15, 0.2) is 5.69 Å². The van der Waals surface area contributed by atoms with Gasteiger partial charge in [-0.15, -0.1) is 0 Å². The molecule has 0 unspecified atom stereocenters. The quantitative estimate of drug-likeness (QED) is 0.751. The number of H-pyrrole nitrogens is 1. The van der Waals surface area contributed by atoms with E-state index in [-0.39, 0.29) is 5.56 Å². The van der Waals surface area contributed by atoms with Gasteiger partial charge in [-0.2, -0.15) is 5.10 Å². The first kappa shape index (κ1) is 11.5. The lowest BCUT2D eigenvalue weighted by Gasteiger charge is -2.06. The largest absolute Gasteiger partial charge is 0.297 e. The van der Waals surface area contributed by atoms with E-state index in [0.717, 1.165) is 16.8 Å². The summed E-state index contributed by atoms with van der Waals surface area (Å²) < 4.78 is 2.96. The summed E-state index contributed by atoms with van der Waals surface area (Å²) in [6, 6.07) is 5.98. The highest BCUT2D eigenvalue weighted by atomic mass is 16.1. The van der Waals surface area contributed by atoms with E-state index < -0.39 is 0 Å². The highest BCUT2D eigenvalue weighted by Crippen LogP contribution is 2.14. The Morgan fingerprint density at radius 2 is 2.05 bits per heavy atom. The normalized spacial score (nSPS) is 10.8. The van der Waals surface area contributed by atoms with Gasteiger partial charge in [-0.25, -0.2) is 14.3 Å². The molecule has 6 nitrogen and oxygen atoms in total. The average molecular weight is 255 g/mol. The number of benzene rings is 1. The van der Waals surface area contributed by atoms with Crippen molar-refractivity contribution in [3.8, 4) is 11.4 Å². The van der Waals surface area contributed by atoms with Crippen LogP contribution in [0.5, 0.6) is 0 Å². The van der Waals surface area contributed by atoms with Crippen LogP contribution in [0.1, 0.15) is 11.1 Å². The van der Waals surface area contributed by atoms with Crippen LogP contribution < -0.4 is 5.56 Å². The SMILES string of the molecule is Cc1ccc(C)c(-n2[nH]cc(-n3cncn3)c2=O)c1. The fourth-order valence-corrected chi connectivity index (χ4v) is 2.00. The molecule has 1 aromatic carbocycles. The number of hydrogen-bond donors (Lipinski definition) is 1. The topological polar surface area (TPSA) is 68.5 Å². The molecular formula is C13H13N5O. The van der Waals surface area contributed by atoms with Gasteiger partial charge in [0.2, 0.25) is 0 Å². The molecule has 0 aliphatic heterocycles. The van der Waals surface area contributed by atoms with E-state index in [1.165, 1.54) is 22.0 Å². The molecule has 1 N–H and O–H groups in total. The number of rotatable bonds is 2. The molecule has 0 amide bonds. The molecule has 19 heavy (non-hydrogen) atoms. The Balaban J connectivity index is 2.18. The lowest BCUT2D eigenvalue weighted by atomic mass is 10.1. The van der Waals surface area contributed by atoms with Gasteiger partial charge in [-0.05, 0) is 31.0 Å². The van der Waals surface area contributed by atoms with Crippen molar-refractivity contribution in [2.45, 2.75) is 13.8 Å². The maximum Gasteiger partial charge on any atom is 0.297 e. The number of hydrogen-bond acceptors (Lipinski definition) is 3. The Morgan fingerprint density at radius 3 is 2.79 bits per heavy atom. The highest BCUT2D eigenvalue weighted by molar-refractivity contribution is 5.43. The van der Waals surface area contributed by atoms with Crippen LogP contribution in [0.15, 0.2) is 41.8 Å². The van der Waals surface area contributed by atoms with Gasteiger partial charge in [0.1, 0.15) is 12.7 Å². The van der Waals surface area contributed by atoms with E-state index >= 15 is 0 Å². The third kappa shape index (κ3) is 1.87. The molecule has 0 saturated heterocycles. The number of aromatic amines is 1. The molecule has 2 aromatic heterocycles. The maximum absolute atomic E-state index is 12.4. The number of nitrogens with one attached hydrogen (secondary N) is 1. The molecule has 2 heterocycles. The second-order valence-corrected chi connectivity index (χ2v) is 4.43. The molecule has 0 aliphatic carbocycles. The minimum Gasteiger partial charge on any atom is -0.296 e. The van der Waals surface area contributed by atoms with Crippen molar-refractivity contribution in [3.05, 3.63) is 58.5 Å². The van der Waals surface area contributed by atoms with Gasteiger partial charge in [-0.1, -0.05) is 12.1 Å². The summed E-state index contributed by atoms with van der Waals surface area (Å²) in [7, 11) is 0. The molecule has 0 aliphatic rings. The minimum absolute atomic E-state index is 0.154. The lowest BCUT2D eigenvalue weighted by molar-refractivity contribution is 0.828. The van der Waals surface area contributed by atoms with Crippen molar-refractivity contribution in [1.29, 1.82) is 0 Å². The summed E-state index contributed by atoms with van der Waals surface area (Å²) in [5, 5.41) is 6.93. The second kappa shape index (κ2) is 4.24. The predicted octanol–water partition coefficient (Wildman–Crippen LogP) is 1.36. The molecule has 0 spiro atoms. The number of aryl methyl sites for hydroxylation is 2. The van der Waals surface area contributed by atoms with E-state index in [0.29, 0.717) is 5.69 Å². The van der Waals surface area contributed by atoms with Crippen molar-refractivity contribution >= 4 is 0 Å². The van der Waals surface area contributed by atoms with E-state index in [9.17, 15) is 4.79 Å². The Kier molecular flexibility index (Phi) is 2.56. The molecule has 0 fully saturated rings. The molecule has 3 rings (SSSR count). The zero-order valence-electron chi connectivity index (χ0n) is 10.7. The van der Waals surface area contributed by atoms with Crippen LogP contribution in [0.4, 0.5) is 0 Å². The summed E-state index contributed by atoms with van der Waals surface area (Å²) in [4.78, 5) is 16.2. The summed E-state index contributed by atoms with van der Waals surface area (Å²) in [6.07, 6.45) is 4.52. The predicted molar refractivity (Wildman–Crippen MR) is 70.8 cm³/mol. The average Bonchev–Trinajstić information content (AvgIpc) is 3.01. The first-order valence-electron chi connectivity index (χ1n) is 5.90. The Bertz CT molecular complexity index is 767. The van der Waals surface area contributed by atoms with Crippen LogP contribution in [0.25, 0.3) is 11.4 Å². The van der Waals surface area contributed by atoms with E-state index in [1.54, 1.807) is 6.20 Å². The molecule has 0 atom stereocenters. The molecule has 6 heteroatoms. The molecule has 3 aromatic rings. The van der Waals surface area contributed by atoms with Gasteiger partial charge in [-0.3, -0.25) is 9.89 Å². The monoisotopic (exact) mass is 255 g/mol. The lowest BCUT2D eigenvalue weighted by Crippen LogP contribution is -2.19. The molecule has 0 saturated carbocycles. The van der Waals surface area contributed by atoms with Crippen molar-refractivity contribution in [1.82, 2.24) is 24.5 Å². The first-order chi connectivity index (χ1) is 9.16. The van der Waals surface area contributed by atoms with Gasteiger partial charge in [0, 0.05) is 0 Å². The van der Waals surface area contributed by atoms with Crippen LogP contribution in [0.3, 0.4) is 0 Å². The van der Waals surface area contributed by atoms with Crippen LogP contribution in [-0.4, -0.2) is 24.5 Å². The fourth-order valence-electron chi connectivity index (χ4n) is 2.00. The van der Waals surface area contributed by atoms with E-state index in [1.807, 2.05) is 32.0 Å². The van der Waals surface area contributed by atoms with Crippen LogP contribution in [-0.2, 0) is 0 Å². The van der Waals surface area contributed by atoms with Gasteiger partial charge < -0.3 is 0 Å². The van der Waals surface area contributed by atoms with Crippen LogP contribution in [0, 0.1) is 13.8 Å². The van der Waals surface area contributed by atoms with Crippen molar-refractivity contribution < 1.29 is 0 Å². The van der Waals surface area contributed by atoms with E-state index in [4.69, 9.17) is 0 Å². The summed E-state index contributed by atoms with van der Waals surface area (Å²) in [5.74, 6) is 0. The fraction of sp³-hybridized carbons (Fsp3) is 0.154. The minimum atomic E-state index is -0.154. The number of aromatic nitrogens is 5. The zero-order valence-corrected chi connectivity index (χ0v) is 10.7. The Labute approximate surface area is 109 Å². The second-order valence-electron chi connectivity index (χ2n) is 4.43. The van der Waals surface area contributed by atoms with E-state index in [2.05, 4.69) is 15.2 Å². The van der Waals surface area contributed by atoms with Gasteiger partial charge >= 0.3 is 0 Å². The molecular weight excluding hydrogens is 242 g/mol. The molecule has 0 radical (unpaired) electrons. The molecule has 0 bridgehead atoms. The standard InChI is InChI=1S/C13H13N5O/c1-9-3-4-10(2)11(5-9)18-13(19)12(6-15-18)17-8-14-7-16-17/h3-8,15H,1-2H3. The van der Waals surface area contributed by atoms with Crippen LogP contribution in [0.2, 0.25) is 0 Å². The zero-order chi connectivity index (χ0) is 13.4. The summed E-state index contributed by atoms with van der Waals surface area (Å²) >= 11 is 0. The first-order valence-corrected chi connectivity index (χ1v) is 5.90. The summed E-state index contributed by atoms with van der Waals surface area (Å²) in [5.41, 5.74) is 3.26. The van der Waals surface area contributed by atoms with Crippen molar-refractivity contribution in [3.63, 3.8) is 0 Å². The highest BCUT2D eigenvalue weighted by Gasteiger charge is 2.11.